The van der Waals surface area contributed by atoms with E-state index in [1.807, 2.05) is 0 Å². The number of halogens is 3. The summed E-state index contributed by atoms with van der Waals surface area (Å²) in [5.41, 5.74) is -0.201. The molecule has 2 heterocycles. The maximum Gasteiger partial charge on any atom is 0.283 e. The van der Waals surface area contributed by atoms with Crippen LogP contribution in [0.4, 0.5) is 14.6 Å². The molecule has 0 radical (unpaired) electrons. The van der Waals surface area contributed by atoms with Gasteiger partial charge in [0.15, 0.2) is 5.82 Å². The van der Waals surface area contributed by atoms with E-state index in [0.29, 0.717) is 11.5 Å². The molecule has 0 saturated carbocycles. The Balaban J connectivity index is 2.10. The maximum atomic E-state index is 12.6. The molecule has 9 heteroatoms. The number of anilines is 1. The molecule has 0 bridgehead atoms. The van der Waals surface area contributed by atoms with E-state index < -0.39 is 18.0 Å². The fourth-order valence-electron chi connectivity index (χ4n) is 1.64. The Kier molecular flexibility index (Phi) is 4.03. The second-order valence-electron chi connectivity index (χ2n) is 4.17. The van der Waals surface area contributed by atoms with Gasteiger partial charge in [-0.15, -0.1) is 0 Å². The summed E-state index contributed by atoms with van der Waals surface area (Å²) in [6, 6.07) is 1.62. The molecular formula is C11H12ClF2N5O. The molecule has 1 N–H and O–H groups in total. The number of alkyl halides is 2. The second-order valence-corrected chi connectivity index (χ2v) is 4.54. The molecule has 0 saturated heterocycles. The smallest absolute Gasteiger partial charge is 0.283 e. The average Bonchev–Trinajstić information content (AvgIpc) is 2.88. The van der Waals surface area contributed by atoms with Gasteiger partial charge in [0.25, 0.3) is 6.43 Å². The predicted octanol–water partition coefficient (Wildman–Crippen LogP) is 2.15. The van der Waals surface area contributed by atoms with Crippen LogP contribution in [0.2, 0.25) is 5.02 Å². The summed E-state index contributed by atoms with van der Waals surface area (Å²) in [4.78, 5) is 11.8. The Morgan fingerprint density at radius 3 is 2.70 bits per heavy atom. The van der Waals surface area contributed by atoms with Crippen LogP contribution in [0.25, 0.3) is 0 Å². The van der Waals surface area contributed by atoms with E-state index in [9.17, 15) is 13.6 Å². The van der Waals surface area contributed by atoms with E-state index in [1.54, 1.807) is 19.3 Å². The minimum absolute atomic E-state index is 0.120. The third-order valence-electron chi connectivity index (χ3n) is 2.64. The number of hydrogen-bond acceptors (Lipinski definition) is 3. The first-order chi connectivity index (χ1) is 9.38. The van der Waals surface area contributed by atoms with Gasteiger partial charge in [-0.1, -0.05) is 11.6 Å². The van der Waals surface area contributed by atoms with Gasteiger partial charge in [-0.05, 0) is 6.92 Å². The first-order valence-corrected chi connectivity index (χ1v) is 6.06. The van der Waals surface area contributed by atoms with Gasteiger partial charge in [0.1, 0.15) is 12.2 Å². The Bertz CT molecular complexity index is 637. The fraction of sp³-hybridized carbons (Fsp3) is 0.364. The Morgan fingerprint density at radius 2 is 2.20 bits per heavy atom. The van der Waals surface area contributed by atoms with E-state index in [4.69, 9.17) is 11.6 Å². The van der Waals surface area contributed by atoms with E-state index in [2.05, 4.69) is 15.5 Å². The zero-order chi connectivity index (χ0) is 14.9. The molecular weight excluding hydrogens is 292 g/mol. The van der Waals surface area contributed by atoms with Crippen LogP contribution in [-0.2, 0) is 18.4 Å². The number of aromatic nitrogens is 4. The zero-order valence-electron chi connectivity index (χ0n) is 10.8. The molecule has 108 valence electrons. The van der Waals surface area contributed by atoms with E-state index >= 15 is 0 Å². The highest BCUT2D eigenvalue weighted by Crippen LogP contribution is 2.28. The molecule has 1 amide bonds. The molecule has 2 aromatic heterocycles. The lowest BCUT2D eigenvalue weighted by Crippen LogP contribution is -2.20. The maximum absolute atomic E-state index is 12.6. The quantitative estimate of drug-likeness (QED) is 0.941. The lowest BCUT2D eigenvalue weighted by atomic mass is 10.4. The molecule has 2 rings (SSSR count). The number of carbonyl (C=O) groups is 1. The van der Waals surface area contributed by atoms with Gasteiger partial charge in [0, 0.05) is 19.3 Å². The van der Waals surface area contributed by atoms with E-state index in [0.717, 1.165) is 4.68 Å². The largest absolute Gasteiger partial charge is 0.308 e. The molecule has 0 spiro atoms. The number of aryl methyl sites for hydroxylation is 1. The Morgan fingerprint density at radius 1 is 1.50 bits per heavy atom. The predicted molar refractivity (Wildman–Crippen MR) is 68.8 cm³/mol. The number of hydrogen-bond donors (Lipinski definition) is 1. The minimum atomic E-state index is -2.78. The molecule has 0 aliphatic heterocycles. The number of carbonyl (C=O) groups excluding carboxylic acids is 1. The second kappa shape index (κ2) is 5.58. The molecule has 0 aliphatic carbocycles. The molecule has 6 nitrogen and oxygen atoms in total. The molecule has 0 unspecified atom stereocenters. The van der Waals surface area contributed by atoms with Gasteiger partial charge in [-0.3, -0.25) is 14.2 Å². The summed E-state index contributed by atoms with van der Waals surface area (Å²) < 4.78 is 27.9. The molecule has 2 aromatic rings. The van der Waals surface area contributed by atoms with Gasteiger partial charge in [-0.2, -0.15) is 10.2 Å². The van der Waals surface area contributed by atoms with Crippen LogP contribution >= 0.6 is 11.6 Å². The summed E-state index contributed by atoms with van der Waals surface area (Å²) in [6.07, 6.45) is -1.11. The highest BCUT2D eigenvalue weighted by molar-refractivity contribution is 6.31. The fourth-order valence-corrected chi connectivity index (χ4v) is 1.86. The Hall–Kier alpha value is -1.96. The summed E-state index contributed by atoms with van der Waals surface area (Å²) in [5.74, 6) is -0.0470. The van der Waals surface area contributed by atoms with Crippen molar-refractivity contribution < 1.29 is 13.6 Å². The van der Waals surface area contributed by atoms with Crippen LogP contribution in [0.5, 0.6) is 0 Å². The van der Waals surface area contributed by atoms with Gasteiger partial charge in [0.05, 0.1) is 10.7 Å². The van der Waals surface area contributed by atoms with Crippen molar-refractivity contribution in [2.75, 3.05) is 5.32 Å². The first kappa shape index (κ1) is 14.4. The van der Waals surface area contributed by atoms with Gasteiger partial charge in [0.2, 0.25) is 5.91 Å². The van der Waals surface area contributed by atoms with Gasteiger partial charge >= 0.3 is 0 Å². The van der Waals surface area contributed by atoms with Crippen LogP contribution < -0.4 is 5.32 Å². The van der Waals surface area contributed by atoms with Crippen molar-refractivity contribution in [2.24, 2.45) is 7.05 Å². The zero-order valence-corrected chi connectivity index (χ0v) is 11.5. The first-order valence-electron chi connectivity index (χ1n) is 5.69. The van der Waals surface area contributed by atoms with Crippen LogP contribution in [-0.4, -0.2) is 25.5 Å². The standard InChI is InChI=1S/C11H12ClF2N5O/c1-6-9(12)10(11(13)14)17-19(6)5-8(20)15-7-3-4-18(2)16-7/h3-4,11H,5H2,1-2H3,(H,15,16,20). The molecule has 0 atom stereocenters. The summed E-state index contributed by atoms with van der Waals surface area (Å²) in [6.45, 7) is 1.31. The summed E-state index contributed by atoms with van der Waals surface area (Å²) in [7, 11) is 1.71. The molecule has 0 aliphatic rings. The van der Waals surface area contributed by atoms with Crippen LogP contribution in [0.1, 0.15) is 17.8 Å². The molecule has 20 heavy (non-hydrogen) atoms. The number of rotatable bonds is 4. The van der Waals surface area contributed by atoms with Crippen molar-refractivity contribution in [2.45, 2.75) is 19.9 Å². The summed E-state index contributed by atoms with van der Waals surface area (Å²) in [5, 5.41) is 10.0. The van der Waals surface area contributed by atoms with Crippen molar-refractivity contribution >= 4 is 23.3 Å². The third-order valence-corrected chi connectivity index (χ3v) is 3.11. The number of nitrogens with one attached hydrogen (secondary N) is 1. The van der Waals surface area contributed by atoms with E-state index in [1.165, 1.54) is 11.6 Å². The third kappa shape index (κ3) is 2.96. The van der Waals surface area contributed by atoms with Crippen LogP contribution in [0.3, 0.4) is 0 Å². The van der Waals surface area contributed by atoms with Crippen molar-refractivity contribution in [3.63, 3.8) is 0 Å². The number of nitrogens with zero attached hydrogens (tertiary/aromatic N) is 4. The molecule has 0 fully saturated rings. The molecule has 0 aromatic carbocycles. The highest BCUT2D eigenvalue weighted by atomic mass is 35.5. The Labute approximate surface area is 118 Å². The topological polar surface area (TPSA) is 64.7 Å². The van der Waals surface area contributed by atoms with Crippen LogP contribution in [0.15, 0.2) is 12.3 Å². The lowest BCUT2D eigenvalue weighted by Gasteiger charge is -2.04. The van der Waals surface area contributed by atoms with Crippen molar-refractivity contribution in [1.82, 2.24) is 19.6 Å². The summed E-state index contributed by atoms with van der Waals surface area (Å²) >= 11 is 5.75. The van der Waals surface area contributed by atoms with Crippen LogP contribution in [0, 0.1) is 6.92 Å². The average molecular weight is 304 g/mol. The number of amides is 1. The minimum Gasteiger partial charge on any atom is -0.308 e. The monoisotopic (exact) mass is 303 g/mol. The van der Waals surface area contributed by atoms with Gasteiger partial charge < -0.3 is 5.32 Å². The van der Waals surface area contributed by atoms with Gasteiger partial charge in [-0.25, -0.2) is 8.78 Å². The van der Waals surface area contributed by atoms with Crippen molar-refractivity contribution in [1.29, 1.82) is 0 Å². The van der Waals surface area contributed by atoms with Crippen molar-refractivity contribution in [3.8, 4) is 0 Å². The SMILES string of the molecule is Cc1c(Cl)c(C(F)F)nn1CC(=O)Nc1ccn(C)n1. The lowest BCUT2D eigenvalue weighted by molar-refractivity contribution is -0.117. The van der Waals surface area contributed by atoms with Crippen molar-refractivity contribution in [3.05, 3.63) is 28.7 Å². The normalized spacial score (nSPS) is 11.1. The van der Waals surface area contributed by atoms with E-state index in [-0.39, 0.29) is 11.6 Å². The highest BCUT2D eigenvalue weighted by Gasteiger charge is 2.21.